The molecule has 2 aromatic rings. The fourth-order valence-corrected chi connectivity index (χ4v) is 7.81. The van der Waals surface area contributed by atoms with Crippen molar-refractivity contribution in [2.45, 2.75) is 42.2 Å². The van der Waals surface area contributed by atoms with Gasteiger partial charge in [0.25, 0.3) is 11.8 Å². The number of hydrogen-bond acceptors (Lipinski definition) is 7. The summed E-state index contributed by atoms with van der Waals surface area (Å²) < 4.78 is 23.6. The van der Waals surface area contributed by atoms with Gasteiger partial charge in [0.15, 0.2) is 9.84 Å². The molecule has 3 N–H and O–H groups in total. The van der Waals surface area contributed by atoms with E-state index in [4.69, 9.17) is 11.6 Å². The van der Waals surface area contributed by atoms with Crippen LogP contribution in [-0.4, -0.2) is 71.1 Å². The van der Waals surface area contributed by atoms with E-state index < -0.39 is 32.5 Å². The Morgan fingerprint density at radius 2 is 1.88 bits per heavy atom. The highest BCUT2D eigenvalue weighted by molar-refractivity contribution is 7.94. The molecule has 1 aliphatic heterocycles. The van der Waals surface area contributed by atoms with Crippen molar-refractivity contribution in [3.8, 4) is 0 Å². The van der Waals surface area contributed by atoms with Crippen molar-refractivity contribution < 1.29 is 28.2 Å². The van der Waals surface area contributed by atoms with Crippen molar-refractivity contribution in [2.24, 2.45) is 0 Å². The minimum Gasteiger partial charge on any atom is -0.395 e. The first kappa shape index (κ1) is 25.1. The summed E-state index contributed by atoms with van der Waals surface area (Å²) in [5.74, 6) is -0.559. The van der Waals surface area contributed by atoms with Crippen molar-refractivity contribution in [1.82, 2.24) is 10.2 Å². The summed E-state index contributed by atoms with van der Waals surface area (Å²) in [6.45, 7) is 0.587. The molecule has 8 nitrogen and oxygen atoms in total. The van der Waals surface area contributed by atoms with Crippen molar-refractivity contribution in [3.05, 3.63) is 56.2 Å². The molecular weight excluding hydrogens is 500 g/mol. The smallest absolute Gasteiger partial charge is 0.264 e. The highest BCUT2D eigenvalue weighted by atomic mass is 35.5. The van der Waals surface area contributed by atoms with Gasteiger partial charge < -0.3 is 20.4 Å². The highest BCUT2D eigenvalue weighted by Crippen LogP contribution is 2.49. The Kier molecular flexibility index (Phi) is 6.82. The monoisotopic (exact) mass is 526 g/mol. The average molecular weight is 527 g/mol. The summed E-state index contributed by atoms with van der Waals surface area (Å²) in [5, 5.41) is 24.4. The molecule has 184 valence electrons. The first-order chi connectivity index (χ1) is 16.1. The molecule has 4 rings (SSSR count). The standard InChI is InChI=1S/C23H27ClN2O6S2/c1-22(13-27,14-28)34(31,32)23(7-8-23)12-26-9-6-17-18(11-33-19(17)21(26)30)20(29)25-10-15-2-4-16(24)5-3-15/h2-5,11,27-28H,6-10,12-14H2,1H3,(H,25,29). The van der Waals surface area contributed by atoms with Crippen LogP contribution in [0.2, 0.25) is 5.02 Å². The Morgan fingerprint density at radius 1 is 1.24 bits per heavy atom. The number of nitrogens with zero attached hydrogens (tertiary/aromatic N) is 1. The minimum absolute atomic E-state index is 0.0131. The number of amides is 2. The molecule has 1 saturated carbocycles. The Bertz CT molecular complexity index is 1200. The predicted octanol–water partition coefficient (Wildman–Crippen LogP) is 2.02. The molecule has 0 atom stereocenters. The number of carbonyl (C=O) groups is 2. The van der Waals surface area contributed by atoms with Crippen LogP contribution in [0.4, 0.5) is 0 Å². The van der Waals surface area contributed by atoms with E-state index in [1.165, 1.54) is 23.2 Å². The van der Waals surface area contributed by atoms with E-state index in [0.717, 1.165) is 5.56 Å². The number of rotatable bonds is 9. The average Bonchev–Trinajstić information content (AvgIpc) is 3.50. The number of sulfone groups is 1. The number of carbonyl (C=O) groups excluding carboxylic acids is 2. The third-order valence-electron chi connectivity index (χ3n) is 6.79. The van der Waals surface area contributed by atoms with Crippen molar-refractivity contribution in [3.63, 3.8) is 0 Å². The number of fused-ring (bicyclic) bond motifs is 1. The van der Waals surface area contributed by atoms with Gasteiger partial charge in [0.2, 0.25) is 0 Å². The van der Waals surface area contributed by atoms with E-state index in [0.29, 0.717) is 53.4 Å². The van der Waals surface area contributed by atoms with Gasteiger partial charge in [-0.2, -0.15) is 0 Å². The van der Waals surface area contributed by atoms with Crippen LogP contribution < -0.4 is 5.32 Å². The summed E-state index contributed by atoms with van der Waals surface area (Å²) in [6, 6.07) is 7.15. The van der Waals surface area contributed by atoms with Crippen LogP contribution in [0.15, 0.2) is 29.6 Å². The zero-order valence-electron chi connectivity index (χ0n) is 18.7. The molecule has 1 aromatic carbocycles. The maximum absolute atomic E-state index is 13.2. The third kappa shape index (κ3) is 4.26. The van der Waals surface area contributed by atoms with Crippen LogP contribution in [0.25, 0.3) is 0 Å². The second-order valence-corrected chi connectivity index (χ2v) is 13.4. The second-order valence-electron chi connectivity index (χ2n) is 9.20. The van der Waals surface area contributed by atoms with E-state index in [2.05, 4.69) is 5.32 Å². The number of aliphatic hydroxyl groups is 2. The van der Waals surface area contributed by atoms with Crippen LogP contribution in [0.3, 0.4) is 0 Å². The molecule has 2 aliphatic rings. The van der Waals surface area contributed by atoms with Crippen molar-refractivity contribution in [1.29, 1.82) is 0 Å². The molecule has 0 unspecified atom stereocenters. The molecule has 0 spiro atoms. The molecular formula is C23H27ClN2O6S2. The normalized spacial score (nSPS) is 17.4. The molecule has 11 heteroatoms. The molecule has 2 amide bonds. The van der Waals surface area contributed by atoms with Gasteiger partial charge in [-0.25, -0.2) is 8.42 Å². The largest absolute Gasteiger partial charge is 0.395 e. The van der Waals surface area contributed by atoms with Gasteiger partial charge in [0, 0.05) is 30.0 Å². The molecule has 34 heavy (non-hydrogen) atoms. The molecule has 1 fully saturated rings. The Labute approximate surface area is 207 Å². The number of nitrogens with one attached hydrogen (secondary N) is 1. The minimum atomic E-state index is -3.90. The molecule has 0 saturated heterocycles. The zero-order valence-corrected chi connectivity index (χ0v) is 21.1. The summed E-state index contributed by atoms with van der Waals surface area (Å²) in [5.41, 5.74) is 2.05. The van der Waals surface area contributed by atoms with Gasteiger partial charge >= 0.3 is 0 Å². The first-order valence-corrected chi connectivity index (χ1v) is 13.7. The van der Waals surface area contributed by atoms with Crippen LogP contribution >= 0.6 is 22.9 Å². The van der Waals surface area contributed by atoms with Crippen LogP contribution in [0, 0.1) is 0 Å². The van der Waals surface area contributed by atoms with Crippen LogP contribution in [-0.2, 0) is 22.8 Å². The van der Waals surface area contributed by atoms with Gasteiger partial charge in [0.1, 0.15) is 4.75 Å². The predicted molar refractivity (Wildman–Crippen MR) is 130 cm³/mol. The number of aliphatic hydroxyl groups excluding tert-OH is 2. The molecule has 0 radical (unpaired) electrons. The van der Waals surface area contributed by atoms with Crippen LogP contribution in [0.5, 0.6) is 0 Å². The lowest BCUT2D eigenvalue weighted by Crippen LogP contribution is -2.54. The van der Waals surface area contributed by atoms with E-state index in [1.54, 1.807) is 17.5 Å². The van der Waals surface area contributed by atoms with E-state index in [-0.39, 0.29) is 18.4 Å². The van der Waals surface area contributed by atoms with Crippen molar-refractivity contribution >= 4 is 44.6 Å². The highest BCUT2D eigenvalue weighted by Gasteiger charge is 2.62. The quantitative estimate of drug-likeness (QED) is 0.459. The van der Waals surface area contributed by atoms with Gasteiger partial charge in [-0.15, -0.1) is 11.3 Å². The van der Waals surface area contributed by atoms with Crippen LogP contribution in [0.1, 0.15) is 50.9 Å². The Morgan fingerprint density at radius 3 is 2.47 bits per heavy atom. The number of halogens is 1. The number of thiophene rings is 1. The zero-order chi connectivity index (χ0) is 24.7. The lowest BCUT2D eigenvalue weighted by molar-refractivity contribution is 0.0741. The first-order valence-electron chi connectivity index (χ1n) is 11.0. The summed E-state index contributed by atoms with van der Waals surface area (Å²) in [4.78, 5) is 27.9. The molecule has 1 aliphatic carbocycles. The van der Waals surface area contributed by atoms with E-state index in [9.17, 15) is 28.2 Å². The fourth-order valence-electron chi connectivity index (χ4n) is 4.26. The maximum Gasteiger partial charge on any atom is 0.264 e. The molecule has 2 heterocycles. The maximum atomic E-state index is 13.2. The summed E-state index contributed by atoms with van der Waals surface area (Å²) in [7, 11) is -3.90. The van der Waals surface area contributed by atoms with Gasteiger partial charge in [-0.05, 0) is 49.4 Å². The van der Waals surface area contributed by atoms with Gasteiger partial charge in [0.05, 0.1) is 28.4 Å². The lowest BCUT2D eigenvalue weighted by Gasteiger charge is -2.35. The van der Waals surface area contributed by atoms with Gasteiger partial charge in [-0.1, -0.05) is 23.7 Å². The number of hydrogen-bond donors (Lipinski definition) is 3. The summed E-state index contributed by atoms with van der Waals surface area (Å²) >= 11 is 7.07. The fraction of sp³-hybridized carbons (Fsp3) is 0.478. The topological polar surface area (TPSA) is 124 Å². The molecule has 1 aromatic heterocycles. The third-order valence-corrected chi connectivity index (χ3v) is 11.3. The van der Waals surface area contributed by atoms with Crippen molar-refractivity contribution in [2.75, 3.05) is 26.3 Å². The van der Waals surface area contributed by atoms with E-state index in [1.807, 2.05) is 12.1 Å². The molecule has 0 bridgehead atoms. The van der Waals surface area contributed by atoms with E-state index >= 15 is 0 Å². The SMILES string of the molecule is CC(CO)(CO)S(=O)(=O)C1(CN2CCc3c(C(=O)NCc4ccc(Cl)cc4)csc3C2=O)CC1. The number of benzene rings is 1. The van der Waals surface area contributed by atoms with Gasteiger partial charge in [-0.3, -0.25) is 9.59 Å². The Hall–Kier alpha value is -1.98. The second kappa shape index (κ2) is 9.23. The summed E-state index contributed by atoms with van der Waals surface area (Å²) in [6.07, 6.45) is 1.20. The Balaban J connectivity index is 1.47. The lowest BCUT2D eigenvalue weighted by atomic mass is 10.0.